The molecule has 3 N–H and O–H groups in total. The van der Waals surface area contributed by atoms with Crippen molar-refractivity contribution >= 4 is 23.6 Å². The summed E-state index contributed by atoms with van der Waals surface area (Å²) < 4.78 is 37.9. The van der Waals surface area contributed by atoms with Crippen LogP contribution in [0, 0.1) is 40.4 Å². The van der Waals surface area contributed by atoms with Crippen LogP contribution in [0.15, 0.2) is 0 Å². The van der Waals surface area contributed by atoms with Crippen LogP contribution in [-0.2, 0) is 19.2 Å². The first kappa shape index (κ1) is 26.8. The Labute approximate surface area is 202 Å². The van der Waals surface area contributed by atoms with Crippen LogP contribution in [0.4, 0.5) is 13.2 Å². The fraction of sp³-hybridized carbons (Fsp3) is 0.783. The van der Waals surface area contributed by atoms with E-state index in [2.05, 4.69) is 16.0 Å². The average molecular weight is 500 g/mol. The highest BCUT2D eigenvalue weighted by Crippen LogP contribution is 2.65. The summed E-state index contributed by atoms with van der Waals surface area (Å²) in [6.45, 7) is 7.89. The van der Waals surface area contributed by atoms with Crippen molar-refractivity contribution in [2.45, 2.75) is 71.3 Å². The topological polar surface area (TPSA) is 131 Å². The summed E-state index contributed by atoms with van der Waals surface area (Å²) in [4.78, 5) is 51.8. The van der Waals surface area contributed by atoms with Crippen LogP contribution in [0.2, 0.25) is 0 Å². The Morgan fingerprint density at radius 3 is 2.43 bits per heavy atom. The van der Waals surface area contributed by atoms with E-state index in [0.717, 1.165) is 0 Å². The Bertz CT molecular complexity index is 929. The zero-order valence-electron chi connectivity index (χ0n) is 20.2. The molecule has 194 valence electrons. The highest BCUT2D eigenvalue weighted by Gasteiger charge is 2.69. The van der Waals surface area contributed by atoms with Gasteiger partial charge in [-0.2, -0.15) is 18.4 Å². The van der Waals surface area contributed by atoms with Crippen LogP contribution in [0.5, 0.6) is 0 Å². The van der Waals surface area contributed by atoms with Crippen molar-refractivity contribution in [3.63, 3.8) is 0 Å². The number of carbonyl (C=O) groups excluding carboxylic acids is 4. The zero-order valence-corrected chi connectivity index (χ0v) is 20.2. The second-order valence-corrected chi connectivity index (χ2v) is 10.7. The van der Waals surface area contributed by atoms with E-state index in [1.807, 2.05) is 19.9 Å². The molecular weight excluding hydrogens is 467 g/mol. The molecule has 0 aromatic heterocycles. The van der Waals surface area contributed by atoms with Gasteiger partial charge in [0.05, 0.1) is 6.07 Å². The minimum absolute atomic E-state index is 0.0158. The quantitative estimate of drug-likeness (QED) is 0.460. The van der Waals surface area contributed by atoms with E-state index in [9.17, 15) is 37.6 Å². The Hall–Kier alpha value is -2.84. The van der Waals surface area contributed by atoms with Gasteiger partial charge in [-0.15, -0.1) is 0 Å². The third-order valence-corrected chi connectivity index (χ3v) is 7.53. The Kier molecular flexibility index (Phi) is 7.39. The molecule has 35 heavy (non-hydrogen) atoms. The van der Waals surface area contributed by atoms with E-state index in [1.54, 1.807) is 13.8 Å². The van der Waals surface area contributed by atoms with Gasteiger partial charge in [0, 0.05) is 19.0 Å². The monoisotopic (exact) mass is 499 g/mol. The van der Waals surface area contributed by atoms with Gasteiger partial charge < -0.3 is 20.9 Å². The molecule has 9 nitrogen and oxygen atoms in total. The minimum Gasteiger partial charge on any atom is -0.356 e. The molecule has 6 atom stereocenters. The molecule has 0 spiro atoms. The molecule has 0 radical (unpaired) electrons. The number of hydrogen-bond acceptors (Lipinski definition) is 5. The fourth-order valence-corrected chi connectivity index (χ4v) is 5.47. The van der Waals surface area contributed by atoms with Crippen LogP contribution in [0.1, 0.15) is 47.0 Å². The van der Waals surface area contributed by atoms with Crippen molar-refractivity contribution in [2.24, 2.45) is 29.1 Å². The van der Waals surface area contributed by atoms with Gasteiger partial charge >= 0.3 is 6.18 Å². The molecule has 0 aromatic rings. The number of hydrogen-bond donors (Lipinski definition) is 3. The number of rotatable bonds is 8. The van der Waals surface area contributed by atoms with Crippen molar-refractivity contribution in [1.29, 1.82) is 5.26 Å². The van der Waals surface area contributed by atoms with Crippen LogP contribution in [0.25, 0.3) is 0 Å². The first-order chi connectivity index (χ1) is 16.2. The number of piperidine rings is 1. The van der Waals surface area contributed by atoms with Crippen LogP contribution < -0.4 is 16.0 Å². The van der Waals surface area contributed by atoms with Crippen molar-refractivity contribution in [3.05, 3.63) is 0 Å². The van der Waals surface area contributed by atoms with Gasteiger partial charge in [-0.25, -0.2) is 0 Å². The largest absolute Gasteiger partial charge is 0.397 e. The lowest BCUT2D eigenvalue weighted by Crippen LogP contribution is -2.58. The van der Waals surface area contributed by atoms with E-state index >= 15 is 0 Å². The summed E-state index contributed by atoms with van der Waals surface area (Å²) in [5.41, 5.74) is -0.223. The standard InChI is InChI=1S/C23H32F3N5O4/c1-11(2)17(30-15(32)8-23(24,25)26)21(35)31-10-14-16(22(14,3)4)18(31)20(34)29-13(9-27)7-12-5-6-28-19(12)33/h11-14,16-18H,5-8,10H2,1-4H3,(H,28,33)(H,29,34)(H,30,32)/t12-,13-,14-,16-,17-,18-/m0/s1. The lowest BCUT2D eigenvalue weighted by molar-refractivity contribution is -0.156. The fourth-order valence-electron chi connectivity index (χ4n) is 5.47. The van der Waals surface area contributed by atoms with Crippen LogP contribution in [-0.4, -0.2) is 65.9 Å². The van der Waals surface area contributed by atoms with E-state index in [4.69, 9.17) is 0 Å². The summed E-state index contributed by atoms with van der Waals surface area (Å²) in [5.74, 6) is -3.71. The number of carbonyl (C=O) groups is 4. The molecule has 0 bridgehead atoms. The molecule has 2 aliphatic heterocycles. The molecule has 0 aromatic carbocycles. The molecule has 4 amide bonds. The summed E-state index contributed by atoms with van der Waals surface area (Å²) in [5, 5.41) is 17.1. The molecule has 1 aliphatic carbocycles. The Morgan fingerprint density at radius 2 is 1.91 bits per heavy atom. The maximum absolute atomic E-state index is 13.4. The molecule has 3 rings (SSSR count). The third kappa shape index (κ3) is 5.70. The summed E-state index contributed by atoms with van der Waals surface area (Å²) in [6, 6.07) is -1.07. The van der Waals surface area contributed by atoms with Gasteiger partial charge in [-0.05, 0) is 36.0 Å². The van der Waals surface area contributed by atoms with Crippen LogP contribution >= 0.6 is 0 Å². The minimum atomic E-state index is -4.71. The van der Waals surface area contributed by atoms with E-state index < -0.39 is 54.4 Å². The third-order valence-electron chi connectivity index (χ3n) is 7.53. The number of amides is 4. The van der Waals surface area contributed by atoms with Gasteiger partial charge in [0.1, 0.15) is 24.5 Å². The summed E-state index contributed by atoms with van der Waals surface area (Å²) in [6.07, 6.45) is -5.70. The van der Waals surface area contributed by atoms with Crippen molar-refractivity contribution in [2.75, 3.05) is 13.1 Å². The number of halogens is 3. The highest BCUT2D eigenvalue weighted by atomic mass is 19.4. The summed E-state index contributed by atoms with van der Waals surface area (Å²) in [7, 11) is 0. The van der Waals surface area contributed by atoms with Crippen molar-refractivity contribution in [1.82, 2.24) is 20.9 Å². The normalized spacial score (nSPS) is 28.5. The van der Waals surface area contributed by atoms with Crippen molar-refractivity contribution in [3.8, 4) is 6.07 Å². The Morgan fingerprint density at radius 1 is 1.26 bits per heavy atom. The predicted octanol–water partition coefficient (Wildman–Crippen LogP) is 1.10. The lowest BCUT2D eigenvalue weighted by Gasteiger charge is -2.34. The number of nitriles is 1. The lowest BCUT2D eigenvalue weighted by atomic mass is 9.96. The average Bonchev–Trinajstić information content (AvgIpc) is 3.09. The maximum atomic E-state index is 13.4. The first-order valence-corrected chi connectivity index (χ1v) is 11.8. The molecule has 0 unspecified atom stereocenters. The number of fused-ring (bicyclic) bond motifs is 1. The molecule has 3 aliphatic rings. The number of nitrogens with one attached hydrogen (secondary N) is 3. The van der Waals surface area contributed by atoms with Gasteiger partial charge in [0.15, 0.2) is 0 Å². The second-order valence-electron chi connectivity index (χ2n) is 10.7. The number of alkyl halides is 3. The Balaban J connectivity index is 1.75. The van der Waals surface area contributed by atoms with Gasteiger partial charge in [0.2, 0.25) is 23.6 Å². The van der Waals surface area contributed by atoms with Gasteiger partial charge in [-0.3, -0.25) is 19.2 Å². The highest BCUT2D eigenvalue weighted by molar-refractivity contribution is 5.94. The molecule has 1 saturated carbocycles. The molecule has 2 saturated heterocycles. The summed E-state index contributed by atoms with van der Waals surface area (Å²) >= 11 is 0. The molecule has 12 heteroatoms. The second kappa shape index (κ2) is 9.66. The maximum Gasteiger partial charge on any atom is 0.397 e. The van der Waals surface area contributed by atoms with Crippen LogP contribution in [0.3, 0.4) is 0 Å². The van der Waals surface area contributed by atoms with E-state index in [1.165, 1.54) is 4.90 Å². The van der Waals surface area contributed by atoms with Gasteiger partial charge in [0.25, 0.3) is 0 Å². The smallest absolute Gasteiger partial charge is 0.356 e. The van der Waals surface area contributed by atoms with E-state index in [0.29, 0.717) is 13.0 Å². The number of likely N-dealkylation sites (tertiary alicyclic amines) is 1. The number of nitrogens with zero attached hydrogens (tertiary/aromatic N) is 2. The molecule has 3 fully saturated rings. The molecular formula is C23H32F3N5O4. The van der Waals surface area contributed by atoms with E-state index in [-0.39, 0.29) is 42.0 Å². The zero-order chi connectivity index (χ0) is 26.3. The molecule has 2 heterocycles. The van der Waals surface area contributed by atoms with Gasteiger partial charge in [-0.1, -0.05) is 27.7 Å². The predicted molar refractivity (Wildman–Crippen MR) is 117 cm³/mol. The first-order valence-electron chi connectivity index (χ1n) is 11.8. The SMILES string of the molecule is CC(C)[C@H](NC(=O)CC(F)(F)F)C(=O)N1C[C@H]2[C@@H]([C@H]1C(=O)N[C@H](C#N)C[C@@H]1CCNC1=O)C2(C)C. The van der Waals surface area contributed by atoms with Crippen molar-refractivity contribution < 1.29 is 32.3 Å².